The van der Waals surface area contributed by atoms with E-state index in [9.17, 15) is 4.79 Å². The van der Waals surface area contributed by atoms with Crippen molar-refractivity contribution in [1.29, 1.82) is 0 Å². The summed E-state index contributed by atoms with van der Waals surface area (Å²) in [7, 11) is 1.89. The van der Waals surface area contributed by atoms with Gasteiger partial charge in [-0.1, -0.05) is 12.1 Å². The number of hydrogen-bond donors (Lipinski definition) is 2. The number of carbonyl (C=O) groups excluding carboxylic acids is 1. The molecule has 1 atom stereocenters. The summed E-state index contributed by atoms with van der Waals surface area (Å²) in [4.78, 5) is 25.1. The van der Waals surface area contributed by atoms with Crippen LogP contribution in [0.2, 0.25) is 0 Å². The van der Waals surface area contributed by atoms with Gasteiger partial charge in [-0.3, -0.25) is 9.78 Å². The van der Waals surface area contributed by atoms with Gasteiger partial charge in [0.05, 0.1) is 18.3 Å². The number of rotatable bonds is 7. The standard InChI is InChI=1S/C22H22N8O/c1-15(18-8-3-4-10-24-18)27-22(31)16-6-5-7-17(12-16)25-13-20-28-29-21(30(20)2)19-9-11-23-14-26-19/h3-12,14-15,25H,13H2,1-2H3,(H,27,31). The summed E-state index contributed by atoms with van der Waals surface area (Å²) in [5.41, 5.74) is 2.89. The van der Waals surface area contributed by atoms with Crippen molar-refractivity contribution in [2.45, 2.75) is 19.5 Å². The van der Waals surface area contributed by atoms with Crippen LogP contribution in [0.3, 0.4) is 0 Å². The molecule has 4 rings (SSSR count). The molecule has 3 heterocycles. The van der Waals surface area contributed by atoms with Gasteiger partial charge in [0.15, 0.2) is 11.6 Å². The minimum Gasteiger partial charge on any atom is -0.378 e. The highest BCUT2D eigenvalue weighted by atomic mass is 16.1. The van der Waals surface area contributed by atoms with Gasteiger partial charge in [0.2, 0.25) is 0 Å². The number of aromatic nitrogens is 6. The lowest BCUT2D eigenvalue weighted by atomic mass is 10.1. The Balaban J connectivity index is 1.41. The summed E-state index contributed by atoms with van der Waals surface area (Å²) >= 11 is 0. The molecule has 0 saturated carbocycles. The number of hydrogen-bond acceptors (Lipinski definition) is 7. The number of carbonyl (C=O) groups is 1. The van der Waals surface area contributed by atoms with E-state index in [0.717, 1.165) is 17.2 Å². The zero-order valence-corrected chi connectivity index (χ0v) is 17.2. The van der Waals surface area contributed by atoms with Crippen molar-refractivity contribution >= 4 is 11.6 Å². The van der Waals surface area contributed by atoms with Crippen LogP contribution in [0.25, 0.3) is 11.5 Å². The van der Waals surface area contributed by atoms with Gasteiger partial charge < -0.3 is 15.2 Å². The van der Waals surface area contributed by atoms with Gasteiger partial charge in [-0.25, -0.2) is 9.97 Å². The van der Waals surface area contributed by atoms with E-state index < -0.39 is 0 Å². The van der Waals surface area contributed by atoms with E-state index in [1.54, 1.807) is 24.5 Å². The van der Waals surface area contributed by atoms with Crippen LogP contribution >= 0.6 is 0 Å². The predicted molar refractivity (Wildman–Crippen MR) is 116 cm³/mol. The minimum atomic E-state index is -0.191. The van der Waals surface area contributed by atoms with Gasteiger partial charge in [-0.2, -0.15) is 0 Å². The maximum Gasteiger partial charge on any atom is 0.251 e. The molecule has 0 aliphatic rings. The van der Waals surface area contributed by atoms with Crippen molar-refractivity contribution in [1.82, 2.24) is 35.0 Å². The largest absolute Gasteiger partial charge is 0.378 e. The van der Waals surface area contributed by atoms with E-state index in [4.69, 9.17) is 0 Å². The second-order valence-corrected chi connectivity index (χ2v) is 6.98. The van der Waals surface area contributed by atoms with Crippen molar-refractivity contribution < 1.29 is 4.79 Å². The number of amides is 1. The van der Waals surface area contributed by atoms with Crippen molar-refractivity contribution in [3.8, 4) is 11.5 Å². The van der Waals surface area contributed by atoms with Crippen LogP contribution in [0, 0.1) is 0 Å². The molecule has 3 aromatic heterocycles. The Labute approximate surface area is 179 Å². The van der Waals surface area contributed by atoms with Crippen LogP contribution in [0.15, 0.2) is 67.3 Å². The molecule has 1 amide bonds. The molecule has 0 fully saturated rings. The van der Waals surface area contributed by atoms with Crippen LogP contribution in [0.1, 0.15) is 34.8 Å². The number of pyridine rings is 1. The quantitative estimate of drug-likeness (QED) is 0.478. The molecule has 0 spiro atoms. The van der Waals surface area contributed by atoms with Gasteiger partial charge in [0, 0.05) is 30.7 Å². The molecule has 0 aliphatic carbocycles. The third-order valence-corrected chi connectivity index (χ3v) is 4.83. The zero-order valence-electron chi connectivity index (χ0n) is 17.2. The van der Waals surface area contributed by atoms with Crippen LogP contribution in [0.5, 0.6) is 0 Å². The highest BCUT2D eigenvalue weighted by Gasteiger charge is 2.14. The summed E-state index contributed by atoms with van der Waals surface area (Å²) in [6, 6.07) is 14.6. The smallest absolute Gasteiger partial charge is 0.251 e. The summed E-state index contributed by atoms with van der Waals surface area (Å²) in [5.74, 6) is 1.24. The Morgan fingerprint density at radius 1 is 1.06 bits per heavy atom. The molecule has 4 aromatic rings. The lowest BCUT2D eigenvalue weighted by molar-refractivity contribution is 0.0939. The lowest BCUT2D eigenvalue weighted by Gasteiger charge is -2.14. The van der Waals surface area contributed by atoms with E-state index in [0.29, 0.717) is 23.6 Å². The zero-order chi connectivity index (χ0) is 21.6. The van der Waals surface area contributed by atoms with Gasteiger partial charge in [-0.15, -0.1) is 10.2 Å². The fraction of sp³-hybridized carbons (Fsp3) is 0.182. The topological polar surface area (TPSA) is 111 Å². The molecule has 9 heteroatoms. The molecule has 0 bridgehead atoms. The second kappa shape index (κ2) is 9.12. The molecular weight excluding hydrogens is 392 g/mol. The molecule has 1 aromatic carbocycles. The van der Waals surface area contributed by atoms with Crippen molar-refractivity contribution in [3.05, 3.63) is 84.3 Å². The van der Waals surface area contributed by atoms with E-state index in [1.165, 1.54) is 6.33 Å². The van der Waals surface area contributed by atoms with E-state index in [2.05, 4.69) is 35.8 Å². The number of nitrogens with one attached hydrogen (secondary N) is 2. The number of anilines is 1. The van der Waals surface area contributed by atoms with Crippen molar-refractivity contribution in [2.24, 2.45) is 7.05 Å². The van der Waals surface area contributed by atoms with Crippen molar-refractivity contribution in [2.75, 3.05) is 5.32 Å². The maximum atomic E-state index is 12.7. The minimum absolute atomic E-state index is 0.161. The fourth-order valence-electron chi connectivity index (χ4n) is 3.10. The molecule has 9 nitrogen and oxygen atoms in total. The first-order valence-electron chi connectivity index (χ1n) is 9.82. The maximum absolute atomic E-state index is 12.7. The monoisotopic (exact) mass is 414 g/mol. The highest BCUT2D eigenvalue weighted by molar-refractivity contribution is 5.95. The van der Waals surface area contributed by atoms with Gasteiger partial charge in [-0.05, 0) is 43.3 Å². The van der Waals surface area contributed by atoms with Crippen LogP contribution in [-0.4, -0.2) is 35.6 Å². The van der Waals surface area contributed by atoms with E-state index in [1.807, 2.05) is 54.9 Å². The molecular formula is C22H22N8O. The Morgan fingerprint density at radius 3 is 2.74 bits per heavy atom. The molecule has 156 valence electrons. The average molecular weight is 414 g/mol. The Hall–Kier alpha value is -4.14. The Kier molecular flexibility index (Phi) is 5.93. The highest BCUT2D eigenvalue weighted by Crippen LogP contribution is 2.16. The SMILES string of the molecule is CC(NC(=O)c1cccc(NCc2nnc(-c3ccncn3)n2C)c1)c1ccccn1. The first-order valence-corrected chi connectivity index (χ1v) is 9.82. The molecule has 0 saturated heterocycles. The fourth-order valence-corrected chi connectivity index (χ4v) is 3.10. The Morgan fingerprint density at radius 2 is 1.97 bits per heavy atom. The summed E-state index contributed by atoms with van der Waals surface area (Å²) in [5, 5.41) is 14.7. The van der Waals surface area contributed by atoms with Gasteiger partial charge >= 0.3 is 0 Å². The second-order valence-electron chi connectivity index (χ2n) is 6.98. The molecule has 0 aliphatic heterocycles. The average Bonchev–Trinajstić information content (AvgIpc) is 3.19. The first kappa shape index (κ1) is 20.1. The number of benzene rings is 1. The number of nitrogens with zero attached hydrogens (tertiary/aromatic N) is 6. The van der Waals surface area contributed by atoms with Crippen molar-refractivity contribution in [3.63, 3.8) is 0 Å². The van der Waals surface area contributed by atoms with Crippen LogP contribution < -0.4 is 10.6 Å². The normalized spacial score (nSPS) is 11.7. The van der Waals surface area contributed by atoms with E-state index >= 15 is 0 Å². The molecule has 2 N–H and O–H groups in total. The van der Waals surface area contributed by atoms with Gasteiger partial charge in [0.1, 0.15) is 12.0 Å². The summed E-state index contributed by atoms with van der Waals surface area (Å²) in [6.45, 7) is 2.36. The predicted octanol–water partition coefficient (Wildman–Crippen LogP) is 2.77. The van der Waals surface area contributed by atoms with Crippen LogP contribution in [-0.2, 0) is 13.6 Å². The van der Waals surface area contributed by atoms with E-state index in [-0.39, 0.29) is 11.9 Å². The molecule has 0 radical (unpaired) electrons. The van der Waals surface area contributed by atoms with Gasteiger partial charge in [0.25, 0.3) is 5.91 Å². The molecule has 1 unspecified atom stereocenters. The third kappa shape index (κ3) is 4.72. The molecule has 31 heavy (non-hydrogen) atoms. The summed E-state index contributed by atoms with van der Waals surface area (Å²) < 4.78 is 1.88. The lowest BCUT2D eigenvalue weighted by Crippen LogP contribution is -2.27. The third-order valence-electron chi connectivity index (χ3n) is 4.83. The summed E-state index contributed by atoms with van der Waals surface area (Å²) in [6.07, 6.45) is 4.86. The first-order chi connectivity index (χ1) is 15.1. The van der Waals surface area contributed by atoms with Crippen LogP contribution in [0.4, 0.5) is 5.69 Å². The Bertz CT molecular complexity index is 1160.